The van der Waals surface area contributed by atoms with E-state index in [0.717, 1.165) is 59.0 Å². The summed E-state index contributed by atoms with van der Waals surface area (Å²) in [5, 5.41) is 3.75. The van der Waals surface area contributed by atoms with Crippen LogP contribution in [0, 0.1) is 11.3 Å². The van der Waals surface area contributed by atoms with Crippen LogP contribution in [-0.4, -0.2) is 38.4 Å². The highest BCUT2D eigenvalue weighted by atomic mass is 79.9. The van der Waals surface area contributed by atoms with Gasteiger partial charge in [-0.15, -0.1) is 11.3 Å². The van der Waals surface area contributed by atoms with Crippen molar-refractivity contribution in [1.29, 1.82) is 0 Å². The average Bonchev–Trinajstić information content (AvgIpc) is 3.59. The number of amides is 1. The minimum atomic E-state index is -0.111. The number of anilines is 1. The molecule has 0 unspecified atom stereocenters. The Kier molecular flexibility index (Phi) is 7.42. The number of nitrogens with zero attached hydrogens (tertiary/aromatic N) is 2. The zero-order chi connectivity index (χ0) is 25.3. The van der Waals surface area contributed by atoms with Crippen LogP contribution < -0.4 is 10.2 Å². The molecule has 0 bridgehead atoms. The van der Waals surface area contributed by atoms with Crippen molar-refractivity contribution in [2.24, 2.45) is 16.3 Å². The van der Waals surface area contributed by atoms with E-state index in [1.807, 2.05) is 18.2 Å². The lowest BCUT2D eigenvalue weighted by atomic mass is 9.72. The third-order valence-corrected chi connectivity index (χ3v) is 8.73. The van der Waals surface area contributed by atoms with Crippen molar-refractivity contribution in [3.05, 3.63) is 56.5 Å². The van der Waals surface area contributed by atoms with Crippen LogP contribution in [0.3, 0.4) is 0 Å². The van der Waals surface area contributed by atoms with E-state index in [2.05, 4.69) is 46.9 Å². The molecule has 3 aromatic rings. The van der Waals surface area contributed by atoms with Gasteiger partial charge in [-0.05, 0) is 64.2 Å². The van der Waals surface area contributed by atoms with Crippen molar-refractivity contribution in [1.82, 2.24) is 5.32 Å². The lowest BCUT2D eigenvalue weighted by Crippen LogP contribution is -2.36. The van der Waals surface area contributed by atoms with Gasteiger partial charge >= 0.3 is 0 Å². The van der Waals surface area contributed by atoms with E-state index >= 15 is 0 Å². The van der Waals surface area contributed by atoms with Crippen LogP contribution in [0.5, 0.6) is 0 Å². The normalized spacial score (nSPS) is 18.6. The molecule has 1 N–H and O–H groups in total. The Morgan fingerprint density at radius 3 is 2.86 bits per heavy atom. The molecular weight excluding hydrogens is 542 g/mol. The van der Waals surface area contributed by atoms with Gasteiger partial charge in [-0.25, -0.2) is 4.99 Å². The Morgan fingerprint density at radius 2 is 2.14 bits per heavy atom. The first kappa shape index (κ1) is 25.3. The summed E-state index contributed by atoms with van der Waals surface area (Å²) in [4.78, 5) is 21.6. The van der Waals surface area contributed by atoms with Crippen molar-refractivity contribution in [3.63, 3.8) is 0 Å². The average molecular weight is 575 g/mol. The molecule has 4 heterocycles. The number of thiophene rings is 1. The Balaban J connectivity index is 1.42. The molecule has 7 nitrogen and oxygen atoms in total. The summed E-state index contributed by atoms with van der Waals surface area (Å²) in [6.45, 7) is 10.2. The zero-order valence-corrected chi connectivity index (χ0v) is 23.3. The molecule has 0 radical (unpaired) electrons. The lowest BCUT2D eigenvalue weighted by molar-refractivity contribution is 0.0947. The highest BCUT2D eigenvalue weighted by molar-refractivity contribution is 9.10. The van der Waals surface area contributed by atoms with Crippen LogP contribution >= 0.6 is 27.3 Å². The second-order valence-electron chi connectivity index (χ2n) is 10.4. The molecule has 192 valence electrons. The highest BCUT2D eigenvalue weighted by Crippen LogP contribution is 2.45. The highest BCUT2D eigenvalue weighted by Gasteiger charge is 2.33. The SMILES string of the molecule is CC(C)(C)[C@H]1CCc2c(sc(N=Cc3cc(Br)c(N4CCOCC4)o3)c2C(=O)NCc2ccco2)C1. The monoisotopic (exact) mass is 573 g/mol. The number of carbonyl (C=O) groups is 1. The maximum Gasteiger partial charge on any atom is 0.255 e. The van der Waals surface area contributed by atoms with Gasteiger partial charge < -0.3 is 23.8 Å². The van der Waals surface area contributed by atoms with E-state index in [-0.39, 0.29) is 11.3 Å². The molecule has 2 aliphatic rings. The summed E-state index contributed by atoms with van der Waals surface area (Å²) in [6.07, 6.45) is 6.27. The minimum absolute atomic E-state index is 0.111. The largest absolute Gasteiger partial charge is 0.467 e. The molecule has 0 aromatic carbocycles. The van der Waals surface area contributed by atoms with Gasteiger partial charge in [-0.2, -0.15) is 0 Å². The third-order valence-electron chi connectivity index (χ3n) is 7.00. The molecule has 1 atom stereocenters. The first-order chi connectivity index (χ1) is 17.3. The van der Waals surface area contributed by atoms with E-state index in [0.29, 0.717) is 37.0 Å². The summed E-state index contributed by atoms with van der Waals surface area (Å²) in [5.41, 5.74) is 2.05. The molecule has 1 aliphatic heterocycles. The quantitative estimate of drug-likeness (QED) is 0.347. The van der Waals surface area contributed by atoms with E-state index in [9.17, 15) is 4.79 Å². The number of nitrogens with one attached hydrogen (secondary N) is 1. The molecule has 1 fully saturated rings. The molecule has 36 heavy (non-hydrogen) atoms. The standard InChI is InChI=1S/C27H32BrN3O4S/c1-27(2,3)17-6-7-20-22(13-17)36-25(23(20)24(32)29-15-18-5-4-10-34-18)30-16-19-14-21(28)26(35-19)31-8-11-33-12-9-31/h4-5,10,14,16-17H,6-9,11-13,15H2,1-3H3,(H,29,32)/t17-/m0/s1. The van der Waals surface area contributed by atoms with E-state index in [4.69, 9.17) is 18.6 Å². The van der Waals surface area contributed by atoms with E-state index < -0.39 is 0 Å². The molecule has 5 rings (SSSR count). The Morgan fingerprint density at radius 1 is 1.33 bits per heavy atom. The number of rotatable bonds is 6. The summed E-state index contributed by atoms with van der Waals surface area (Å²) in [5.74, 6) is 2.62. The van der Waals surface area contributed by atoms with Gasteiger partial charge in [-0.1, -0.05) is 20.8 Å². The maximum absolute atomic E-state index is 13.4. The first-order valence-corrected chi connectivity index (χ1v) is 14.0. The zero-order valence-electron chi connectivity index (χ0n) is 20.9. The summed E-state index contributed by atoms with van der Waals surface area (Å²) < 4.78 is 17.8. The second-order valence-corrected chi connectivity index (χ2v) is 12.3. The number of halogens is 1. The predicted molar refractivity (Wildman–Crippen MR) is 146 cm³/mol. The second kappa shape index (κ2) is 10.6. The maximum atomic E-state index is 13.4. The number of hydrogen-bond donors (Lipinski definition) is 1. The van der Waals surface area contributed by atoms with Gasteiger partial charge in [0.05, 0.1) is 42.3 Å². The molecule has 0 spiro atoms. The molecular formula is C27H32BrN3O4S. The van der Waals surface area contributed by atoms with Gasteiger partial charge in [0.1, 0.15) is 16.5 Å². The topological polar surface area (TPSA) is 80.2 Å². The minimum Gasteiger partial charge on any atom is -0.467 e. The summed E-state index contributed by atoms with van der Waals surface area (Å²) in [6, 6.07) is 5.61. The van der Waals surface area contributed by atoms with Crippen molar-refractivity contribution >= 4 is 50.3 Å². The van der Waals surface area contributed by atoms with Crippen LogP contribution in [0.15, 0.2) is 42.8 Å². The Labute approximate surface area is 224 Å². The molecule has 1 aliphatic carbocycles. The fraction of sp³-hybridized carbons (Fsp3) is 0.481. The number of morpholine rings is 1. The summed E-state index contributed by atoms with van der Waals surface area (Å²) in [7, 11) is 0. The third kappa shape index (κ3) is 5.48. The molecule has 1 amide bonds. The predicted octanol–water partition coefficient (Wildman–Crippen LogP) is 6.36. The van der Waals surface area contributed by atoms with Crippen LogP contribution in [0.25, 0.3) is 0 Å². The van der Waals surface area contributed by atoms with Crippen LogP contribution in [0.1, 0.15) is 59.5 Å². The van der Waals surface area contributed by atoms with Gasteiger partial charge in [-0.3, -0.25) is 4.79 Å². The number of ether oxygens (including phenoxy) is 1. The smallest absolute Gasteiger partial charge is 0.255 e. The van der Waals surface area contributed by atoms with Gasteiger partial charge in [0, 0.05) is 24.0 Å². The molecule has 3 aromatic heterocycles. The number of fused-ring (bicyclic) bond motifs is 1. The van der Waals surface area contributed by atoms with Crippen molar-refractivity contribution in [3.8, 4) is 0 Å². The lowest BCUT2D eigenvalue weighted by Gasteiger charge is -2.33. The molecule has 0 saturated carbocycles. The molecule has 1 saturated heterocycles. The number of furan rings is 2. The van der Waals surface area contributed by atoms with Crippen LogP contribution in [0.4, 0.5) is 10.9 Å². The van der Waals surface area contributed by atoms with Gasteiger partial charge in [0.2, 0.25) is 5.88 Å². The van der Waals surface area contributed by atoms with Gasteiger partial charge in [0.15, 0.2) is 0 Å². The first-order valence-electron chi connectivity index (χ1n) is 12.4. The Bertz CT molecular complexity index is 1230. The number of carbonyl (C=O) groups excluding carboxylic acids is 1. The number of aliphatic imine (C=N–C) groups is 1. The van der Waals surface area contributed by atoms with Gasteiger partial charge in [0.25, 0.3) is 5.91 Å². The fourth-order valence-corrected chi connectivity index (χ4v) is 6.68. The van der Waals surface area contributed by atoms with Crippen molar-refractivity contribution in [2.45, 2.75) is 46.6 Å². The van der Waals surface area contributed by atoms with E-state index in [1.54, 1.807) is 23.8 Å². The van der Waals surface area contributed by atoms with Crippen LogP contribution in [-0.2, 0) is 24.1 Å². The summed E-state index contributed by atoms with van der Waals surface area (Å²) >= 11 is 5.25. The van der Waals surface area contributed by atoms with Crippen molar-refractivity contribution < 1.29 is 18.4 Å². The molecule has 9 heteroatoms. The number of hydrogen-bond acceptors (Lipinski definition) is 7. The Hall–Kier alpha value is -2.36. The fourth-order valence-electron chi connectivity index (χ4n) is 4.85. The van der Waals surface area contributed by atoms with Crippen molar-refractivity contribution in [2.75, 3.05) is 31.2 Å². The van der Waals surface area contributed by atoms with E-state index in [1.165, 1.54) is 4.88 Å². The van der Waals surface area contributed by atoms with Crippen LogP contribution in [0.2, 0.25) is 0 Å².